The van der Waals surface area contributed by atoms with E-state index in [1.54, 1.807) is 19.9 Å². The van der Waals surface area contributed by atoms with Gasteiger partial charge in [-0.3, -0.25) is 20.1 Å². The van der Waals surface area contributed by atoms with Crippen LogP contribution in [0.25, 0.3) is 11.1 Å². The third-order valence-electron chi connectivity index (χ3n) is 3.74. The monoisotopic (exact) mass is 389 g/mol. The highest BCUT2D eigenvalue weighted by Gasteiger charge is 2.23. The van der Waals surface area contributed by atoms with Crippen molar-refractivity contribution in [2.45, 2.75) is 13.8 Å². The van der Waals surface area contributed by atoms with Crippen molar-refractivity contribution >= 4 is 22.4 Å². The first kappa shape index (κ1) is 18.6. The lowest BCUT2D eigenvalue weighted by molar-refractivity contribution is 0.102. The minimum Gasteiger partial charge on any atom is -0.494 e. The fourth-order valence-corrected chi connectivity index (χ4v) is 2.98. The van der Waals surface area contributed by atoms with Gasteiger partial charge in [-0.05, 0) is 31.3 Å². The number of carbonyl (C=O) groups excluding carboxylic acids is 1. The number of anilines is 1. The van der Waals surface area contributed by atoms with Crippen molar-refractivity contribution in [2.75, 3.05) is 19.5 Å². The first-order chi connectivity index (χ1) is 12.9. The maximum atomic E-state index is 14.9. The Morgan fingerprint density at radius 1 is 1.15 bits per heavy atom. The lowest BCUT2D eigenvalue weighted by Gasteiger charge is -2.14. The summed E-state index contributed by atoms with van der Waals surface area (Å²) in [7, 11) is 2.87. The first-order valence-corrected chi connectivity index (χ1v) is 8.61. The molecule has 1 amide bonds. The highest BCUT2D eigenvalue weighted by atomic mass is 32.1. The molecule has 0 spiro atoms. The molecule has 27 heavy (non-hydrogen) atoms. The van der Waals surface area contributed by atoms with E-state index in [1.165, 1.54) is 26.6 Å². The van der Waals surface area contributed by atoms with Gasteiger partial charge in [0.05, 0.1) is 37.2 Å². The number of aromatic nitrogens is 4. The van der Waals surface area contributed by atoms with Gasteiger partial charge in [0.1, 0.15) is 5.75 Å². The predicted octanol–water partition coefficient (Wildman–Crippen LogP) is 3.02. The molecule has 0 atom stereocenters. The number of nitrogens with zero attached hydrogens (tertiary/aromatic N) is 4. The molecular formula is C17H16FN5O3S. The average molecular weight is 389 g/mol. The number of aryl methyl sites for hydroxylation is 2. The van der Waals surface area contributed by atoms with E-state index in [-0.39, 0.29) is 27.7 Å². The van der Waals surface area contributed by atoms with Crippen molar-refractivity contribution in [3.05, 3.63) is 41.2 Å². The van der Waals surface area contributed by atoms with Crippen molar-refractivity contribution < 1.29 is 18.7 Å². The Morgan fingerprint density at radius 2 is 1.93 bits per heavy atom. The molecule has 3 aromatic rings. The molecule has 1 N–H and O–H groups in total. The summed E-state index contributed by atoms with van der Waals surface area (Å²) < 4.78 is 25.1. The molecule has 0 aliphatic heterocycles. The van der Waals surface area contributed by atoms with Gasteiger partial charge in [-0.15, -0.1) is 5.10 Å². The lowest BCUT2D eigenvalue weighted by Crippen LogP contribution is -2.14. The molecule has 0 fully saturated rings. The van der Waals surface area contributed by atoms with Crippen molar-refractivity contribution in [2.24, 2.45) is 0 Å². The summed E-state index contributed by atoms with van der Waals surface area (Å²) in [6.45, 7) is 3.29. The largest absolute Gasteiger partial charge is 0.494 e. The van der Waals surface area contributed by atoms with Gasteiger partial charge in [0, 0.05) is 17.5 Å². The molecule has 0 saturated carbocycles. The number of hydrogen-bond donors (Lipinski definition) is 1. The van der Waals surface area contributed by atoms with E-state index in [2.05, 4.69) is 25.5 Å². The lowest BCUT2D eigenvalue weighted by atomic mass is 9.99. The van der Waals surface area contributed by atoms with Crippen LogP contribution in [0.15, 0.2) is 18.5 Å². The van der Waals surface area contributed by atoms with Gasteiger partial charge in [0.15, 0.2) is 5.82 Å². The maximum absolute atomic E-state index is 14.9. The maximum Gasteiger partial charge on any atom is 0.295 e. The molecule has 0 bridgehead atoms. The Balaban J connectivity index is 2.09. The summed E-state index contributed by atoms with van der Waals surface area (Å²) in [4.78, 5) is 20.9. The van der Waals surface area contributed by atoms with Gasteiger partial charge >= 0.3 is 0 Å². The Labute approximate surface area is 158 Å². The summed E-state index contributed by atoms with van der Waals surface area (Å²) >= 11 is 1.07. The number of ether oxygens (including phenoxy) is 2. The Bertz CT molecular complexity index is 1010. The van der Waals surface area contributed by atoms with Gasteiger partial charge in [-0.2, -0.15) is 0 Å². The summed E-state index contributed by atoms with van der Waals surface area (Å²) in [6, 6.07) is 1.62. The van der Waals surface area contributed by atoms with E-state index in [0.29, 0.717) is 16.5 Å². The summed E-state index contributed by atoms with van der Waals surface area (Å²) in [5.41, 5.74) is 1.47. The number of halogens is 1. The normalized spacial score (nSPS) is 10.6. The van der Waals surface area contributed by atoms with Gasteiger partial charge in [-0.1, -0.05) is 5.10 Å². The Morgan fingerprint density at radius 3 is 2.59 bits per heavy atom. The summed E-state index contributed by atoms with van der Waals surface area (Å²) in [5.74, 6) is -0.853. The molecule has 0 unspecified atom stereocenters. The van der Waals surface area contributed by atoms with Crippen LogP contribution in [0.3, 0.4) is 0 Å². The molecule has 140 valence electrons. The molecule has 0 aromatic carbocycles. The van der Waals surface area contributed by atoms with Crippen LogP contribution in [0, 0.1) is 19.7 Å². The van der Waals surface area contributed by atoms with E-state index < -0.39 is 11.7 Å². The topological polar surface area (TPSA) is 99.1 Å². The SMILES string of the molecule is COc1nnc(NC(=O)c2cnc(C)cc2-c2c(OC)cnc(C)c2F)s1. The van der Waals surface area contributed by atoms with E-state index in [1.807, 2.05) is 0 Å². The summed E-state index contributed by atoms with van der Waals surface area (Å²) in [5, 5.41) is 10.8. The zero-order valence-electron chi connectivity index (χ0n) is 15.0. The number of hydrogen-bond acceptors (Lipinski definition) is 8. The van der Waals surface area contributed by atoms with Crippen LogP contribution in [0.1, 0.15) is 21.7 Å². The second-order valence-corrected chi connectivity index (χ2v) is 6.44. The number of pyridine rings is 2. The fourth-order valence-electron chi connectivity index (χ4n) is 2.43. The third kappa shape index (κ3) is 3.70. The molecule has 3 aromatic heterocycles. The molecule has 0 aliphatic carbocycles. The van der Waals surface area contributed by atoms with Gasteiger partial charge < -0.3 is 9.47 Å². The van der Waals surface area contributed by atoms with Crippen LogP contribution >= 0.6 is 11.3 Å². The highest BCUT2D eigenvalue weighted by Crippen LogP contribution is 2.36. The molecule has 0 saturated heterocycles. The van der Waals surface area contributed by atoms with Crippen molar-refractivity contribution in [1.82, 2.24) is 20.2 Å². The Kier molecular flexibility index (Phi) is 5.26. The van der Waals surface area contributed by atoms with Crippen LogP contribution in [0.4, 0.5) is 9.52 Å². The first-order valence-electron chi connectivity index (χ1n) is 7.79. The van der Waals surface area contributed by atoms with Gasteiger partial charge in [0.2, 0.25) is 5.13 Å². The van der Waals surface area contributed by atoms with Crippen LogP contribution in [-0.2, 0) is 0 Å². The number of nitrogens with one attached hydrogen (secondary N) is 1. The second-order valence-electron chi connectivity index (χ2n) is 5.50. The highest BCUT2D eigenvalue weighted by molar-refractivity contribution is 7.17. The molecular weight excluding hydrogens is 373 g/mol. The van der Waals surface area contributed by atoms with Crippen LogP contribution in [0.5, 0.6) is 10.9 Å². The quantitative estimate of drug-likeness (QED) is 0.716. The van der Waals surface area contributed by atoms with Crippen molar-refractivity contribution in [3.8, 4) is 22.1 Å². The van der Waals surface area contributed by atoms with E-state index in [9.17, 15) is 9.18 Å². The predicted molar refractivity (Wildman–Crippen MR) is 97.9 cm³/mol. The zero-order valence-corrected chi connectivity index (χ0v) is 15.8. The number of amides is 1. The molecule has 10 heteroatoms. The smallest absolute Gasteiger partial charge is 0.295 e. The van der Waals surface area contributed by atoms with Crippen LogP contribution < -0.4 is 14.8 Å². The molecule has 3 heterocycles. The van der Waals surface area contributed by atoms with Crippen LogP contribution in [-0.4, -0.2) is 40.3 Å². The molecule has 0 aliphatic rings. The minimum atomic E-state index is -0.563. The van der Waals surface area contributed by atoms with E-state index in [0.717, 1.165) is 11.3 Å². The number of carbonyl (C=O) groups is 1. The third-order valence-corrected chi connectivity index (χ3v) is 4.54. The minimum absolute atomic E-state index is 0.149. The van der Waals surface area contributed by atoms with Gasteiger partial charge in [-0.25, -0.2) is 4.39 Å². The fraction of sp³-hybridized carbons (Fsp3) is 0.235. The van der Waals surface area contributed by atoms with Crippen LogP contribution in [0.2, 0.25) is 0 Å². The number of methoxy groups -OCH3 is 2. The van der Waals surface area contributed by atoms with Crippen molar-refractivity contribution in [3.63, 3.8) is 0 Å². The molecule has 8 nitrogen and oxygen atoms in total. The molecule has 0 radical (unpaired) electrons. The van der Waals surface area contributed by atoms with E-state index in [4.69, 9.17) is 9.47 Å². The molecule has 3 rings (SSSR count). The van der Waals surface area contributed by atoms with E-state index >= 15 is 0 Å². The second kappa shape index (κ2) is 7.62. The van der Waals surface area contributed by atoms with Crippen molar-refractivity contribution in [1.29, 1.82) is 0 Å². The number of rotatable bonds is 5. The summed E-state index contributed by atoms with van der Waals surface area (Å²) in [6.07, 6.45) is 2.80. The standard InChI is InChI=1S/C17H16FN5O3S/c1-8-5-10(13-12(25-3)7-20-9(2)14(13)18)11(6-19-8)15(24)21-16-22-23-17(26-4)27-16/h5-7H,1-4H3,(H,21,22,24). The Hall–Kier alpha value is -3.14. The zero-order chi connectivity index (χ0) is 19.6. The van der Waals surface area contributed by atoms with Gasteiger partial charge in [0.25, 0.3) is 11.1 Å². The average Bonchev–Trinajstić information content (AvgIpc) is 3.11.